The highest BCUT2D eigenvalue weighted by Gasteiger charge is 2.22. The largest absolute Gasteiger partial charge is 0.444 e. The average molecular weight is 327 g/mol. The monoisotopic (exact) mass is 327 g/mol. The Morgan fingerprint density at radius 1 is 1.12 bits per heavy atom. The SMILES string of the molecule is Cc1nc(CN2CCN(c3ncnc4c3cnn4C)CC2)oc1C. The molecule has 4 heterocycles. The van der Waals surface area contributed by atoms with Crippen molar-refractivity contribution < 1.29 is 4.42 Å². The number of fused-ring (bicyclic) bond motifs is 1. The van der Waals surface area contributed by atoms with Gasteiger partial charge in [0, 0.05) is 33.2 Å². The minimum Gasteiger partial charge on any atom is -0.444 e. The zero-order valence-electron chi connectivity index (χ0n) is 14.2. The predicted molar refractivity (Wildman–Crippen MR) is 89.8 cm³/mol. The molecule has 8 nitrogen and oxygen atoms in total. The number of piperazine rings is 1. The lowest BCUT2D eigenvalue weighted by molar-refractivity contribution is 0.224. The van der Waals surface area contributed by atoms with Crippen LogP contribution in [0.3, 0.4) is 0 Å². The molecule has 0 amide bonds. The fourth-order valence-electron chi connectivity index (χ4n) is 3.12. The van der Waals surface area contributed by atoms with Crippen LogP contribution >= 0.6 is 0 Å². The number of aromatic nitrogens is 5. The lowest BCUT2D eigenvalue weighted by atomic mass is 10.3. The molecule has 0 bridgehead atoms. The van der Waals surface area contributed by atoms with Gasteiger partial charge in [-0.25, -0.2) is 15.0 Å². The van der Waals surface area contributed by atoms with Crippen LogP contribution in [0.25, 0.3) is 11.0 Å². The lowest BCUT2D eigenvalue weighted by Gasteiger charge is -2.34. The maximum Gasteiger partial charge on any atom is 0.208 e. The van der Waals surface area contributed by atoms with Crippen molar-refractivity contribution in [3.05, 3.63) is 29.9 Å². The van der Waals surface area contributed by atoms with Crippen LogP contribution in [0.1, 0.15) is 17.3 Å². The molecular formula is C16H21N7O. The first-order valence-corrected chi connectivity index (χ1v) is 8.15. The van der Waals surface area contributed by atoms with Gasteiger partial charge in [-0.3, -0.25) is 9.58 Å². The molecule has 3 aromatic heterocycles. The van der Waals surface area contributed by atoms with E-state index in [0.717, 1.165) is 66.9 Å². The number of nitrogens with zero attached hydrogens (tertiary/aromatic N) is 7. The van der Waals surface area contributed by atoms with Crippen molar-refractivity contribution in [2.75, 3.05) is 31.1 Å². The molecule has 0 atom stereocenters. The van der Waals surface area contributed by atoms with E-state index in [-0.39, 0.29) is 0 Å². The van der Waals surface area contributed by atoms with Crippen molar-refractivity contribution in [3.63, 3.8) is 0 Å². The van der Waals surface area contributed by atoms with Gasteiger partial charge in [0.1, 0.15) is 17.9 Å². The highest BCUT2D eigenvalue weighted by Crippen LogP contribution is 2.23. The van der Waals surface area contributed by atoms with Crippen LogP contribution in [-0.2, 0) is 13.6 Å². The minimum atomic E-state index is 0.759. The normalized spacial score (nSPS) is 16.2. The summed E-state index contributed by atoms with van der Waals surface area (Å²) < 4.78 is 7.47. The summed E-state index contributed by atoms with van der Waals surface area (Å²) in [4.78, 5) is 17.9. The molecule has 1 saturated heterocycles. The van der Waals surface area contributed by atoms with E-state index >= 15 is 0 Å². The molecule has 0 spiro atoms. The van der Waals surface area contributed by atoms with E-state index in [2.05, 4.69) is 29.9 Å². The zero-order valence-corrected chi connectivity index (χ0v) is 14.2. The smallest absolute Gasteiger partial charge is 0.208 e. The van der Waals surface area contributed by atoms with Crippen LogP contribution in [0, 0.1) is 13.8 Å². The van der Waals surface area contributed by atoms with Crippen LogP contribution in [0.2, 0.25) is 0 Å². The first-order valence-electron chi connectivity index (χ1n) is 8.15. The summed E-state index contributed by atoms with van der Waals surface area (Å²) in [6.07, 6.45) is 3.46. The van der Waals surface area contributed by atoms with Crippen molar-refractivity contribution >= 4 is 16.9 Å². The molecule has 0 aliphatic carbocycles. The summed E-state index contributed by atoms with van der Waals surface area (Å²) in [6, 6.07) is 0. The average Bonchev–Trinajstić information content (AvgIpc) is 3.11. The Balaban J connectivity index is 1.45. The van der Waals surface area contributed by atoms with Gasteiger partial charge in [-0.1, -0.05) is 0 Å². The quantitative estimate of drug-likeness (QED) is 0.717. The fraction of sp³-hybridized carbons (Fsp3) is 0.500. The Morgan fingerprint density at radius 2 is 1.92 bits per heavy atom. The second-order valence-corrected chi connectivity index (χ2v) is 6.22. The van der Waals surface area contributed by atoms with E-state index in [1.165, 1.54) is 0 Å². The van der Waals surface area contributed by atoms with Crippen molar-refractivity contribution in [1.82, 2.24) is 29.6 Å². The van der Waals surface area contributed by atoms with Crippen molar-refractivity contribution in [2.45, 2.75) is 20.4 Å². The third kappa shape index (κ3) is 2.62. The van der Waals surface area contributed by atoms with E-state index in [1.54, 1.807) is 11.0 Å². The molecule has 4 rings (SSSR count). The molecule has 3 aromatic rings. The van der Waals surface area contributed by atoms with Gasteiger partial charge in [-0.15, -0.1) is 0 Å². The van der Waals surface area contributed by atoms with Gasteiger partial charge in [0.25, 0.3) is 0 Å². The maximum absolute atomic E-state index is 5.69. The molecule has 1 fully saturated rings. The second kappa shape index (κ2) is 5.86. The lowest BCUT2D eigenvalue weighted by Crippen LogP contribution is -2.46. The summed E-state index contributed by atoms with van der Waals surface area (Å²) >= 11 is 0. The summed E-state index contributed by atoms with van der Waals surface area (Å²) in [5.41, 5.74) is 1.84. The van der Waals surface area contributed by atoms with E-state index in [9.17, 15) is 0 Å². The van der Waals surface area contributed by atoms with Gasteiger partial charge in [0.15, 0.2) is 5.65 Å². The fourth-order valence-corrected chi connectivity index (χ4v) is 3.12. The number of aryl methyl sites for hydroxylation is 3. The highest BCUT2D eigenvalue weighted by molar-refractivity contribution is 5.86. The standard InChI is InChI=1S/C16H21N7O/c1-11-12(2)24-14(20-11)9-22-4-6-23(7-5-22)16-13-8-19-21(3)15(13)17-10-18-16/h8,10H,4-7,9H2,1-3H3. The van der Waals surface area contributed by atoms with E-state index in [1.807, 2.05) is 27.1 Å². The molecule has 0 radical (unpaired) electrons. The third-order valence-corrected chi connectivity index (χ3v) is 4.61. The van der Waals surface area contributed by atoms with Crippen LogP contribution < -0.4 is 4.90 Å². The van der Waals surface area contributed by atoms with Gasteiger partial charge >= 0.3 is 0 Å². The van der Waals surface area contributed by atoms with Gasteiger partial charge in [0.2, 0.25) is 5.89 Å². The van der Waals surface area contributed by atoms with Gasteiger partial charge in [-0.05, 0) is 13.8 Å². The zero-order chi connectivity index (χ0) is 16.7. The Bertz CT molecular complexity index is 841. The summed E-state index contributed by atoms with van der Waals surface area (Å²) in [5.74, 6) is 2.68. The van der Waals surface area contributed by atoms with E-state index in [4.69, 9.17) is 4.42 Å². The van der Waals surface area contributed by atoms with Gasteiger partial charge in [-0.2, -0.15) is 5.10 Å². The molecule has 0 saturated carbocycles. The molecule has 24 heavy (non-hydrogen) atoms. The molecule has 0 aromatic carbocycles. The second-order valence-electron chi connectivity index (χ2n) is 6.22. The van der Waals surface area contributed by atoms with Crippen LogP contribution in [0.5, 0.6) is 0 Å². The summed E-state index contributed by atoms with van der Waals surface area (Å²) in [5, 5.41) is 5.30. The summed E-state index contributed by atoms with van der Waals surface area (Å²) in [6.45, 7) is 8.43. The highest BCUT2D eigenvalue weighted by atomic mass is 16.4. The van der Waals surface area contributed by atoms with Gasteiger partial charge < -0.3 is 9.32 Å². The Labute approximate surface area is 140 Å². The first-order chi connectivity index (χ1) is 11.6. The number of anilines is 1. The van der Waals surface area contributed by atoms with Crippen molar-refractivity contribution in [1.29, 1.82) is 0 Å². The molecular weight excluding hydrogens is 306 g/mol. The number of hydrogen-bond acceptors (Lipinski definition) is 7. The van der Waals surface area contributed by atoms with Crippen molar-refractivity contribution in [3.8, 4) is 0 Å². The number of rotatable bonds is 3. The number of oxazole rings is 1. The third-order valence-electron chi connectivity index (χ3n) is 4.61. The van der Waals surface area contributed by atoms with E-state index < -0.39 is 0 Å². The van der Waals surface area contributed by atoms with Crippen LogP contribution in [0.4, 0.5) is 5.82 Å². The van der Waals surface area contributed by atoms with E-state index in [0.29, 0.717) is 0 Å². The maximum atomic E-state index is 5.69. The minimum absolute atomic E-state index is 0.759. The molecule has 1 aliphatic heterocycles. The topological polar surface area (TPSA) is 76.1 Å². The molecule has 0 unspecified atom stereocenters. The Morgan fingerprint density at radius 3 is 2.62 bits per heavy atom. The first kappa shape index (κ1) is 15.1. The van der Waals surface area contributed by atoms with Crippen molar-refractivity contribution in [2.24, 2.45) is 7.05 Å². The Kier molecular flexibility index (Phi) is 3.68. The molecule has 0 N–H and O–H groups in total. The predicted octanol–water partition coefficient (Wildman–Crippen LogP) is 1.29. The number of hydrogen-bond donors (Lipinski definition) is 0. The van der Waals surface area contributed by atoms with Gasteiger partial charge in [0.05, 0.1) is 23.8 Å². The van der Waals surface area contributed by atoms with Crippen LogP contribution in [-0.4, -0.2) is 55.8 Å². The molecule has 1 aliphatic rings. The summed E-state index contributed by atoms with van der Waals surface area (Å²) in [7, 11) is 1.90. The van der Waals surface area contributed by atoms with Crippen LogP contribution in [0.15, 0.2) is 16.9 Å². The molecule has 8 heteroatoms. The Hall–Kier alpha value is -2.48. The molecule has 126 valence electrons.